The first-order chi connectivity index (χ1) is 8.73. The second-order valence-electron chi connectivity index (χ2n) is 5.72. The smallest absolute Gasteiger partial charge is 0.326 e. The van der Waals surface area contributed by atoms with Gasteiger partial charge in [0, 0.05) is 6.61 Å². The summed E-state index contributed by atoms with van der Waals surface area (Å²) in [6.45, 7) is 10.2. The van der Waals surface area contributed by atoms with Gasteiger partial charge in [0.15, 0.2) is 0 Å². The lowest BCUT2D eigenvalue weighted by atomic mass is 10.0. The van der Waals surface area contributed by atoms with Gasteiger partial charge in [-0.2, -0.15) is 0 Å². The number of hydrogen-bond donors (Lipinski definition) is 2. The molecule has 0 spiro atoms. The van der Waals surface area contributed by atoms with Gasteiger partial charge in [0.05, 0.1) is 0 Å². The van der Waals surface area contributed by atoms with Gasteiger partial charge in [0.1, 0.15) is 12.1 Å². The van der Waals surface area contributed by atoms with Crippen molar-refractivity contribution in [3.63, 3.8) is 0 Å². The van der Waals surface area contributed by atoms with Gasteiger partial charge >= 0.3 is 5.97 Å². The van der Waals surface area contributed by atoms with Crippen LogP contribution >= 0.6 is 0 Å². The second-order valence-corrected chi connectivity index (χ2v) is 5.72. The molecule has 5 nitrogen and oxygen atoms in total. The number of carbonyl (C=O) groups excluding carboxylic acids is 1. The normalized spacial score (nSPS) is 14.5. The molecule has 2 atom stereocenters. The van der Waals surface area contributed by atoms with Crippen LogP contribution in [0, 0.1) is 11.8 Å². The Balaban J connectivity index is 4.20. The molecule has 1 amide bonds. The van der Waals surface area contributed by atoms with Gasteiger partial charge in [-0.15, -0.1) is 0 Å². The van der Waals surface area contributed by atoms with E-state index in [4.69, 9.17) is 9.84 Å². The Morgan fingerprint density at radius 1 is 1.11 bits per heavy atom. The Morgan fingerprint density at radius 3 is 2.11 bits per heavy atom. The maximum Gasteiger partial charge on any atom is 0.326 e. The highest BCUT2D eigenvalue weighted by molar-refractivity contribution is 5.86. The topological polar surface area (TPSA) is 75.6 Å². The molecule has 5 heteroatoms. The standard InChI is InChI=1S/C14H27NO4/c1-9(2)6-7-19-11(5)13(16)15-12(14(17)18)8-10(3)4/h9-12H,6-8H2,1-5H3,(H,15,16)(H,17,18)/t11?,12-/m1/s1. The van der Waals surface area contributed by atoms with E-state index in [0.717, 1.165) is 6.42 Å². The highest BCUT2D eigenvalue weighted by Gasteiger charge is 2.23. The Bertz CT molecular complexity index is 289. The number of aliphatic carboxylic acids is 1. The summed E-state index contributed by atoms with van der Waals surface area (Å²) < 4.78 is 5.40. The average molecular weight is 273 g/mol. The SMILES string of the molecule is CC(C)CCOC(C)C(=O)N[C@H](CC(C)C)C(=O)O. The van der Waals surface area contributed by atoms with Crippen molar-refractivity contribution in [1.29, 1.82) is 0 Å². The van der Waals surface area contributed by atoms with Crippen LogP contribution in [-0.4, -0.2) is 35.7 Å². The molecule has 0 aliphatic carbocycles. The number of ether oxygens (including phenoxy) is 1. The van der Waals surface area contributed by atoms with Crippen molar-refractivity contribution in [1.82, 2.24) is 5.32 Å². The molecule has 0 aliphatic rings. The van der Waals surface area contributed by atoms with Gasteiger partial charge in [-0.1, -0.05) is 27.7 Å². The molecule has 0 aromatic carbocycles. The van der Waals surface area contributed by atoms with Crippen molar-refractivity contribution < 1.29 is 19.4 Å². The van der Waals surface area contributed by atoms with E-state index in [1.165, 1.54) is 0 Å². The van der Waals surface area contributed by atoms with E-state index in [2.05, 4.69) is 19.2 Å². The van der Waals surface area contributed by atoms with Gasteiger partial charge in [-0.25, -0.2) is 4.79 Å². The van der Waals surface area contributed by atoms with Crippen molar-refractivity contribution >= 4 is 11.9 Å². The predicted octanol–water partition coefficient (Wildman–Crippen LogP) is 2.05. The molecule has 19 heavy (non-hydrogen) atoms. The van der Waals surface area contributed by atoms with Crippen LogP contribution in [0.3, 0.4) is 0 Å². The maximum atomic E-state index is 11.8. The molecular weight excluding hydrogens is 246 g/mol. The van der Waals surface area contributed by atoms with Crippen LogP contribution in [0.15, 0.2) is 0 Å². The van der Waals surface area contributed by atoms with Crippen LogP contribution in [0.1, 0.15) is 47.5 Å². The van der Waals surface area contributed by atoms with Crippen molar-refractivity contribution in [2.45, 2.75) is 59.6 Å². The number of nitrogens with one attached hydrogen (secondary N) is 1. The van der Waals surface area contributed by atoms with E-state index in [1.54, 1.807) is 6.92 Å². The highest BCUT2D eigenvalue weighted by atomic mass is 16.5. The molecule has 0 aliphatic heterocycles. The number of amides is 1. The van der Waals surface area contributed by atoms with Gasteiger partial charge in [0.25, 0.3) is 0 Å². The molecular formula is C14H27NO4. The molecule has 0 fully saturated rings. The fourth-order valence-corrected chi connectivity index (χ4v) is 1.54. The summed E-state index contributed by atoms with van der Waals surface area (Å²) in [5.41, 5.74) is 0. The largest absolute Gasteiger partial charge is 0.480 e. The summed E-state index contributed by atoms with van der Waals surface area (Å²) in [5, 5.41) is 11.6. The van der Waals surface area contributed by atoms with Gasteiger partial charge in [-0.3, -0.25) is 4.79 Å². The first kappa shape index (κ1) is 17.9. The van der Waals surface area contributed by atoms with E-state index < -0.39 is 18.1 Å². The van der Waals surface area contributed by atoms with E-state index in [9.17, 15) is 9.59 Å². The van der Waals surface area contributed by atoms with Crippen LogP contribution in [0.25, 0.3) is 0 Å². The number of rotatable bonds is 9. The summed E-state index contributed by atoms with van der Waals surface area (Å²) in [5.74, 6) is -0.644. The second kappa shape index (κ2) is 8.91. The third kappa shape index (κ3) is 8.59. The van der Waals surface area contributed by atoms with Crippen molar-refractivity contribution in [3.05, 3.63) is 0 Å². The van der Waals surface area contributed by atoms with Crippen molar-refractivity contribution in [3.8, 4) is 0 Å². The number of carbonyl (C=O) groups is 2. The fourth-order valence-electron chi connectivity index (χ4n) is 1.54. The summed E-state index contributed by atoms with van der Waals surface area (Å²) in [6.07, 6.45) is 0.680. The summed E-state index contributed by atoms with van der Waals surface area (Å²) in [4.78, 5) is 22.9. The molecule has 112 valence electrons. The Hall–Kier alpha value is -1.10. The minimum absolute atomic E-state index is 0.207. The van der Waals surface area contributed by atoms with Crippen LogP contribution in [0.4, 0.5) is 0 Å². The lowest BCUT2D eigenvalue weighted by Crippen LogP contribution is -2.46. The van der Waals surface area contributed by atoms with Crippen LogP contribution in [0.2, 0.25) is 0 Å². The monoisotopic (exact) mass is 273 g/mol. The lowest BCUT2D eigenvalue weighted by molar-refractivity contribution is -0.144. The van der Waals surface area contributed by atoms with E-state index in [-0.39, 0.29) is 11.8 Å². The predicted molar refractivity (Wildman–Crippen MR) is 73.9 cm³/mol. The Labute approximate surface area is 115 Å². The van der Waals surface area contributed by atoms with Crippen molar-refractivity contribution in [2.75, 3.05) is 6.61 Å². The molecule has 0 bridgehead atoms. The first-order valence-corrected chi connectivity index (χ1v) is 6.88. The van der Waals surface area contributed by atoms with Gasteiger partial charge < -0.3 is 15.2 Å². The third-order valence-electron chi connectivity index (χ3n) is 2.75. The summed E-state index contributed by atoms with van der Waals surface area (Å²) in [6, 6.07) is -0.844. The minimum Gasteiger partial charge on any atom is -0.480 e. The van der Waals surface area contributed by atoms with Crippen molar-refractivity contribution in [2.24, 2.45) is 11.8 Å². The average Bonchev–Trinajstić information content (AvgIpc) is 2.26. The molecule has 1 unspecified atom stereocenters. The molecule has 0 saturated heterocycles. The highest BCUT2D eigenvalue weighted by Crippen LogP contribution is 2.06. The van der Waals surface area contributed by atoms with E-state index in [1.807, 2.05) is 13.8 Å². The lowest BCUT2D eigenvalue weighted by Gasteiger charge is -2.19. The molecule has 0 radical (unpaired) electrons. The van der Waals surface area contributed by atoms with E-state index in [0.29, 0.717) is 18.9 Å². The fraction of sp³-hybridized carbons (Fsp3) is 0.857. The molecule has 0 aromatic heterocycles. The van der Waals surface area contributed by atoms with E-state index >= 15 is 0 Å². The minimum atomic E-state index is -1.00. The summed E-state index contributed by atoms with van der Waals surface area (Å²) in [7, 11) is 0. The zero-order valence-corrected chi connectivity index (χ0v) is 12.6. The Kier molecular flexibility index (Phi) is 8.39. The quantitative estimate of drug-likeness (QED) is 0.674. The first-order valence-electron chi connectivity index (χ1n) is 6.88. The van der Waals surface area contributed by atoms with Crippen LogP contribution in [-0.2, 0) is 14.3 Å². The molecule has 0 heterocycles. The zero-order valence-electron chi connectivity index (χ0n) is 12.6. The molecule has 0 aromatic rings. The van der Waals surface area contributed by atoms with Gasteiger partial charge in [-0.05, 0) is 31.6 Å². The zero-order chi connectivity index (χ0) is 15.0. The molecule has 2 N–H and O–H groups in total. The number of hydrogen-bond acceptors (Lipinski definition) is 3. The van der Waals surface area contributed by atoms with Gasteiger partial charge in [0.2, 0.25) is 5.91 Å². The number of carboxylic acids is 1. The Morgan fingerprint density at radius 2 is 1.68 bits per heavy atom. The van der Waals surface area contributed by atoms with Crippen LogP contribution in [0.5, 0.6) is 0 Å². The molecule has 0 rings (SSSR count). The van der Waals surface area contributed by atoms with Crippen LogP contribution < -0.4 is 5.32 Å². The molecule has 0 saturated carbocycles. The third-order valence-corrected chi connectivity index (χ3v) is 2.75. The number of carboxylic acid groups (broad SMARTS) is 1. The summed E-state index contributed by atoms with van der Waals surface area (Å²) >= 11 is 0. The maximum absolute atomic E-state index is 11.8.